The van der Waals surface area contributed by atoms with Crippen LogP contribution in [0.15, 0.2) is 77.7 Å². The highest BCUT2D eigenvalue weighted by molar-refractivity contribution is 7.89. The summed E-state index contributed by atoms with van der Waals surface area (Å²) in [5.41, 5.74) is 4.32. The smallest absolute Gasteiger partial charge is 0.406 e. The first-order chi connectivity index (χ1) is 17.6. The first-order valence-corrected chi connectivity index (χ1v) is 13.6. The van der Waals surface area contributed by atoms with E-state index in [1.807, 2.05) is 36.4 Å². The maximum Gasteiger partial charge on any atom is 0.573 e. The number of aryl methyl sites for hydroxylation is 2. The molecule has 196 valence electrons. The molecule has 3 atom stereocenters. The fourth-order valence-electron chi connectivity index (χ4n) is 5.33. The highest BCUT2D eigenvalue weighted by Crippen LogP contribution is 2.41. The number of sulfonamides is 1. The zero-order valence-electron chi connectivity index (χ0n) is 19.9. The molecule has 2 aliphatic rings. The third-order valence-electron chi connectivity index (χ3n) is 6.99. The van der Waals surface area contributed by atoms with Gasteiger partial charge in [0, 0.05) is 11.4 Å². The summed E-state index contributed by atoms with van der Waals surface area (Å²) >= 11 is 0. The van der Waals surface area contributed by atoms with Gasteiger partial charge in [0.1, 0.15) is 5.75 Å². The Kier molecular flexibility index (Phi) is 6.91. The van der Waals surface area contributed by atoms with Crippen LogP contribution in [0.3, 0.4) is 0 Å². The van der Waals surface area contributed by atoms with Crippen LogP contribution in [0.2, 0.25) is 0 Å². The Morgan fingerprint density at radius 1 is 0.865 bits per heavy atom. The molecular weight excluding hydrogens is 505 g/mol. The summed E-state index contributed by atoms with van der Waals surface area (Å²) < 4.78 is 69.9. The monoisotopic (exact) mass is 532 g/mol. The fourth-order valence-corrected chi connectivity index (χ4v) is 6.61. The number of fused-ring (bicyclic) bond motifs is 2. The summed E-state index contributed by atoms with van der Waals surface area (Å²) in [4.78, 5) is 1.94. The van der Waals surface area contributed by atoms with E-state index in [1.165, 1.54) is 0 Å². The van der Waals surface area contributed by atoms with E-state index in [4.69, 9.17) is 0 Å². The van der Waals surface area contributed by atoms with E-state index in [0.717, 1.165) is 59.6 Å². The molecule has 0 aromatic heterocycles. The highest BCUT2D eigenvalue weighted by Gasteiger charge is 2.40. The molecule has 3 aromatic rings. The second-order valence-corrected chi connectivity index (χ2v) is 11.1. The summed E-state index contributed by atoms with van der Waals surface area (Å²) in [7, 11) is -4.10. The maximum absolute atomic E-state index is 13.1. The van der Waals surface area contributed by atoms with Crippen molar-refractivity contribution in [3.8, 4) is 5.75 Å². The van der Waals surface area contributed by atoms with Gasteiger partial charge in [-0.15, -0.1) is 13.2 Å². The minimum Gasteiger partial charge on any atom is -0.406 e. The molecule has 0 saturated heterocycles. The molecule has 0 radical (unpaired) electrons. The third kappa shape index (κ3) is 5.46. The van der Waals surface area contributed by atoms with Crippen molar-refractivity contribution in [2.75, 3.05) is 4.90 Å². The van der Waals surface area contributed by atoms with Crippen LogP contribution in [0.25, 0.3) is 0 Å². The number of nitrogens with zero attached hydrogens (tertiary/aromatic N) is 1. The SMILES string of the molecule is O=S(=O)(NC1CCCC(N2c3ccccc3CCc3ccccc32)[C@@H]1O)c1ccc(OC(F)(F)F)cc1. The lowest BCUT2D eigenvalue weighted by Gasteiger charge is -2.43. The second kappa shape index (κ2) is 10.00. The Labute approximate surface area is 213 Å². The van der Waals surface area contributed by atoms with Crippen LogP contribution in [0.5, 0.6) is 5.75 Å². The van der Waals surface area contributed by atoms with Crippen molar-refractivity contribution in [2.45, 2.75) is 61.5 Å². The number of aliphatic hydroxyl groups excluding tert-OH is 1. The van der Waals surface area contributed by atoms with E-state index >= 15 is 0 Å². The molecule has 6 nitrogen and oxygen atoms in total. The van der Waals surface area contributed by atoms with E-state index in [9.17, 15) is 26.7 Å². The summed E-state index contributed by atoms with van der Waals surface area (Å²) in [5.74, 6) is -0.511. The van der Waals surface area contributed by atoms with Gasteiger partial charge in [-0.2, -0.15) is 0 Å². The molecule has 1 fully saturated rings. The average Bonchev–Trinajstić information content (AvgIpc) is 3.02. The first-order valence-electron chi connectivity index (χ1n) is 12.1. The number of hydrogen-bond donors (Lipinski definition) is 2. The van der Waals surface area contributed by atoms with E-state index in [2.05, 4.69) is 26.5 Å². The number of halogens is 3. The predicted octanol–water partition coefficient (Wildman–Crippen LogP) is 5.08. The number of nitrogens with one attached hydrogen (secondary N) is 1. The summed E-state index contributed by atoms with van der Waals surface area (Å²) in [5, 5.41) is 11.5. The molecule has 2 unspecified atom stereocenters. The van der Waals surface area contributed by atoms with Crippen molar-refractivity contribution in [1.29, 1.82) is 0 Å². The van der Waals surface area contributed by atoms with Gasteiger partial charge in [-0.25, -0.2) is 13.1 Å². The van der Waals surface area contributed by atoms with Crippen molar-refractivity contribution in [3.05, 3.63) is 83.9 Å². The van der Waals surface area contributed by atoms with Crippen LogP contribution in [-0.4, -0.2) is 38.1 Å². The number of anilines is 2. The van der Waals surface area contributed by atoms with Crippen LogP contribution in [0.1, 0.15) is 30.4 Å². The fraction of sp³-hybridized carbons (Fsp3) is 0.333. The maximum atomic E-state index is 13.1. The Balaban J connectivity index is 1.41. The van der Waals surface area contributed by atoms with Crippen LogP contribution in [0.4, 0.5) is 24.5 Å². The predicted molar refractivity (Wildman–Crippen MR) is 133 cm³/mol. The average molecular weight is 533 g/mol. The van der Waals surface area contributed by atoms with Crippen LogP contribution in [-0.2, 0) is 22.9 Å². The van der Waals surface area contributed by atoms with Gasteiger partial charge in [0.25, 0.3) is 0 Å². The largest absolute Gasteiger partial charge is 0.573 e. The van der Waals surface area contributed by atoms with Gasteiger partial charge in [-0.1, -0.05) is 36.4 Å². The lowest BCUT2D eigenvalue weighted by atomic mass is 9.86. The highest BCUT2D eigenvalue weighted by atomic mass is 32.2. The van der Waals surface area contributed by atoms with Gasteiger partial charge in [0.05, 0.1) is 23.1 Å². The van der Waals surface area contributed by atoms with Gasteiger partial charge < -0.3 is 14.7 Å². The lowest BCUT2D eigenvalue weighted by molar-refractivity contribution is -0.274. The van der Waals surface area contributed by atoms with Crippen LogP contribution in [0, 0.1) is 0 Å². The quantitative estimate of drug-likeness (QED) is 0.479. The molecule has 1 aliphatic heterocycles. The number of hydrogen-bond acceptors (Lipinski definition) is 5. The number of aliphatic hydroxyl groups is 1. The van der Waals surface area contributed by atoms with Gasteiger partial charge in [-0.05, 0) is 79.6 Å². The van der Waals surface area contributed by atoms with Crippen molar-refractivity contribution < 1.29 is 31.4 Å². The molecule has 0 spiro atoms. The molecule has 3 aromatic carbocycles. The normalized spacial score (nSPS) is 22.1. The van der Waals surface area contributed by atoms with Crippen molar-refractivity contribution in [3.63, 3.8) is 0 Å². The molecule has 10 heteroatoms. The summed E-state index contributed by atoms with van der Waals surface area (Å²) in [6.45, 7) is 0. The topological polar surface area (TPSA) is 78.9 Å². The molecule has 1 saturated carbocycles. The Morgan fingerprint density at radius 3 is 2.00 bits per heavy atom. The number of alkyl halides is 3. The van der Waals surface area contributed by atoms with Crippen molar-refractivity contribution in [1.82, 2.24) is 4.72 Å². The van der Waals surface area contributed by atoms with E-state index in [1.54, 1.807) is 0 Å². The van der Waals surface area contributed by atoms with Gasteiger partial charge >= 0.3 is 6.36 Å². The molecule has 0 bridgehead atoms. The Bertz CT molecular complexity index is 1320. The Hall–Kier alpha value is -3.08. The van der Waals surface area contributed by atoms with Crippen molar-refractivity contribution in [2.24, 2.45) is 0 Å². The summed E-state index contributed by atoms with van der Waals surface area (Å²) in [6.07, 6.45) is -2.38. The molecule has 5 rings (SSSR count). The third-order valence-corrected chi connectivity index (χ3v) is 8.50. The van der Waals surface area contributed by atoms with E-state index in [0.29, 0.717) is 19.3 Å². The standard InChI is InChI=1S/C27H27F3N2O4S/c28-27(29,30)36-20-14-16-21(17-15-20)37(34,35)31-22-8-5-11-25(26(22)33)32-23-9-3-1-6-18(23)12-13-19-7-2-4-10-24(19)32/h1-4,6-7,9-10,14-17,22,25-26,31,33H,5,8,11-13H2/t22?,25?,26-/m1/s1. The molecule has 1 aliphatic carbocycles. The first kappa shape index (κ1) is 25.6. The second-order valence-electron chi connectivity index (χ2n) is 9.36. The van der Waals surface area contributed by atoms with Crippen molar-refractivity contribution >= 4 is 21.4 Å². The van der Waals surface area contributed by atoms with Gasteiger partial charge in [0.2, 0.25) is 10.0 Å². The summed E-state index contributed by atoms with van der Waals surface area (Å²) in [6, 6.07) is 19.0. The number of para-hydroxylation sites is 2. The molecule has 37 heavy (non-hydrogen) atoms. The molecular formula is C27H27F3N2O4S. The molecule has 1 heterocycles. The number of ether oxygens (including phenoxy) is 1. The Morgan fingerprint density at radius 2 is 1.43 bits per heavy atom. The van der Waals surface area contributed by atoms with Gasteiger partial charge in [0.15, 0.2) is 0 Å². The minimum absolute atomic E-state index is 0.207. The molecule has 2 N–H and O–H groups in total. The number of benzene rings is 3. The minimum atomic E-state index is -4.87. The number of rotatable bonds is 5. The van der Waals surface area contributed by atoms with E-state index < -0.39 is 34.3 Å². The zero-order chi connectivity index (χ0) is 26.2. The van der Waals surface area contributed by atoms with E-state index in [-0.39, 0.29) is 10.9 Å². The molecule has 0 amide bonds. The van der Waals surface area contributed by atoms with Gasteiger partial charge in [-0.3, -0.25) is 0 Å². The zero-order valence-corrected chi connectivity index (χ0v) is 20.7. The lowest BCUT2D eigenvalue weighted by Crippen LogP contribution is -2.55. The van der Waals surface area contributed by atoms with Crippen LogP contribution >= 0.6 is 0 Å². The van der Waals surface area contributed by atoms with Crippen LogP contribution < -0.4 is 14.4 Å².